The number of hydrogen-bond acceptors (Lipinski definition) is 4. The number of carboxylic acids is 1. The molecular formula is C17H16N2O4. The van der Waals surface area contributed by atoms with Crippen molar-refractivity contribution < 1.29 is 14.3 Å². The maximum Gasteiger partial charge on any atom is 0.341 e. The zero-order valence-corrected chi connectivity index (χ0v) is 13.1. The molecule has 1 N–H and O–H groups in total. The Bertz CT molecular complexity index is 982. The fourth-order valence-corrected chi connectivity index (χ4v) is 2.78. The van der Waals surface area contributed by atoms with Crippen LogP contribution in [0.15, 0.2) is 33.5 Å². The van der Waals surface area contributed by atoms with E-state index in [4.69, 9.17) is 9.52 Å². The second-order valence-electron chi connectivity index (χ2n) is 5.58. The lowest BCUT2D eigenvalue weighted by molar-refractivity contribution is -0.136. The number of fused-ring (bicyclic) bond motifs is 1. The average Bonchev–Trinajstić information content (AvgIpc) is 2.80. The molecule has 0 spiro atoms. The number of carboxylic acid groups (broad SMARTS) is 1. The number of hydrogen-bond donors (Lipinski definition) is 1. The lowest BCUT2D eigenvalue weighted by Gasteiger charge is -2.05. The Morgan fingerprint density at radius 1 is 1.30 bits per heavy atom. The monoisotopic (exact) mass is 312 g/mol. The van der Waals surface area contributed by atoms with Gasteiger partial charge in [0.15, 0.2) is 0 Å². The molecule has 0 aliphatic carbocycles. The number of aliphatic carboxylic acids is 1. The fourth-order valence-electron chi connectivity index (χ4n) is 2.78. The Morgan fingerprint density at radius 3 is 2.70 bits per heavy atom. The maximum absolute atomic E-state index is 12.2. The first kappa shape index (κ1) is 15.0. The van der Waals surface area contributed by atoms with E-state index in [9.17, 15) is 9.59 Å². The van der Waals surface area contributed by atoms with E-state index in [0.717, 1.165) is 11.3 Å². The van der Waals surface area contributed by atoms with Crippen molar-refractivity contribution in [1.82, 2.24) is 9.78 Å². The summed E-state index contributed by atoms with van der Waals surface area (Å²) in [4.78, 5) is 23.1. The summed E-state index contributed by atoms with van der Waals surface area (Å²) >= 11 is 0. The Balaban J connectivity index is 2.32. The third-order valence-corrected chi connectivity index (χ3v) is 3.86. The largest absolute Gasteiger partial charge is 0.481 e. The van der Waals surface area contributed by atoms with Crippen LogP contribution in [-0.2, 0) is 11.2 Å². The molecule has 1 aromatic carbocycles. The molecule has 118 valence electrons. The van der Waals surface area contributed by atoms with Crippen molar-refractivity contribution in [3.63, 3.8) is 0 Å². The van der Waals surface area contributed by atoms with Gasteiger partial charge in [0.1, 0.15) is 0 Å². The fraction of sp³-hybridized carbons (Fsp3) is 0.235. The van der Waals surface area contributed by atoms with Crippen molar-refractivity contribution >= 4 is 17.1 Å². The predicted molar refractivity (Wildman–Crippen MR) is 85.2 cm³/mol. The van der Waals surface area contributed by atoms with E-state index in [1.165, 1.54) is 0 Å². The molecule has 2 heterocycles. The summed E-state index contributed by atoms with van der Waals surface area (Å²) in [5.41, 5.74) is 3.01. The first-order valence-electron chi connectivity index (χ1n) is 7.19. The van der Waals surface area contributed by atoms with Gasteiger partial charge in [0, 0.05) is 0 Å². The highest BCUT2D eigenvalue weighted by Gasteiger charge is 2.20. The quantitative estimate of drug-likeness (QED) is 0.803. The smallest absolute Gasteiger partial charge is 0.341 e. The minimum absolute atomic E-state index is 0.164. The van der Waals surface area contributed by atoms with E-state index in [-0.39, 0.29) is 12.0 Å². The Hall–Kier alpha value is -2.89. The van der Waals surface area contributed by atoms with Crippen molar-refractivity contribution in [2.24, 2.45) is 0 Å². The van der Waals surface area contributed by atoms with E-state index < -0.39 is 11.6 Å². The highest BCUT2D eigenvalue weighted by atomic mass is 16.4. The first-order valence-corrected chi connectivity index (χ1v) is 7.19. The van der Waals surface area contributed by atoms with Gasteiger partial charge in [-0.1, -0.05) is 12.1 Å². The number of benzene rings is 1. The molecule has 3 aromatic rings. The van der Waals surface area contributed by atoms with Crippen molar-refractivity contribution in [2.75, 3.05) is 0 Å². The average molecular weight is 312 g/mol. The minimum atomic E-state index is -1.07. The molecule has 0 aliphatic heterocycles. The molecule has 0 atom stereocenters. The first-order chi connectivity index (χ1) is 10.9. The Labute approximate surface area is 132 Å². The van der Waals surface area contributed by atoms with Gasteiger partial charge in [-0.2, -0.15) is 9.78 Å². The van der Waals surface area contributed by atoms with Crippen LogP contribution in [0, 0.1) is 20.8 Å². The SMILES string of the molecule is Cc1cccc(-n2nc(C)c3c(C)c(CC(=O)O)c(=O)oc32)c1. The van der Waals surface area contributed by atoms with Crippen LogP contribution in [0.1, 0.15) is 22.4 Å². The van der Waals surface area contributed by atoms with Gasteiger partial charge in [-0.05, 0) is 44.0 Å². The molecule has 6 nitrogen and oxygen atoms in total. The van der Waals surface area contributed by atoms with Crippen LogP contribution in [0.2, 0.25) is 0 Å². The van der Waals surface area contributed by atoms with Crippen LogP contribution < -0.4 is 5.63 Å². The van der Waals surface area contributed by atoms with Crippen molar-refractivity contribution in [2.45, 2.75) is 27.2 Å². The van der Waals surface area contributed by atoms with Crippen molar-refractivity contribution in [1.29, 1.82) is 0 Å². The summed E-state index contributed by atoms with van der Waals surface area (Å²) in [6.45, 7) is 5.51. The van der Waals surface area contributed by atoms with Gasteiger partial charge in [0.05, 0.1) is 28.8 Å². The number of aryl methyl sites for hydroxylation is 3. The van der Waals surface area contributed by atoms with E-state index in [1.807, 2.05) is 38.1 Å². The van der Waals surface area contributed by atoms with Gasteiger partial charge >= 0.3 is 11.6 Å². The van der Waals surface area contributed by atoms with Gasteiger partial charge in [-0.3, -0.25) is 4.79 Å². The van der Waals surface area contributed by atoms with E-state index in [2.05, 4.69) is 5.10 Å². The third-order valence-electron chi connectivity index (χ3n) is 3.86. The zero-order valence-electron chi connectivity index (χ0n) is 13.1. The van der Waals surface area contributed by atoms with Gasteiger partial charge < -0.3 is 9.52 Å². The minimum Gasteiger partial charge on any atom is -0.481 e. The molecular weight excluding hydrogens is 296 g/mol. The summed E-state index contributed by atoms with van der Waals surface area (Å²) in [7, 11) is 0. The molecule has 6 heteroatoms. The molecule has 0 unspecified atom stereocenters. The number of aromatic nitrogens is 2. The van der Waals surface area contributed by atoms with E-state index in [1.54, 1.807) is 11.6 Å². The molecule has 23 heavy (non-hydrogen) atoms. The van der Waals surface area contributed by atoms with E-state index in [0.29, 0.717) is 22.4 Å². The highest BCUT2D eigenvalue weighted by molar-refractivity contribution is 5.84. The molecule has 0 fully saturated rings. The Morgan fingerprint density at radius 2 is 2.04 bits per heavy atom. The lowest BCUT2D eigenvalue weighted by atomic mass is 10.1. The van der Waals surface area contributed by atoms with Gasteiger partial charge in [0.2, 0.25) is 5.71 Å². The van der Waals surface area contributed by atoms with Crippen molar-refractivity contribution in [3.8, 4) is 5.69 Å². The van der Waals surface area contributed by atoms with Crippen molar-refractivity contribution in [3.05, 3.63) is 57.1 Å². The maximum atomic E-state index is 12.2. The third kappa shape index (κ3) is 2.52. The summed E-state index contributed by atoms with van der Waals surface area (Å²) in [5.74, 6) is -1.07. The van der Waals surface area contributed by atoms with Crippen LogP contribution in [0.4, 0.5) is 0 Å². The standard InChI is InChI=1S/C17H16N2O4/c1-9-5-4-6-12(7-9)19-16-15(11(3)18-19)10(2)13(8-14(20)21)17(22)23-16/h4-7H,8H2,1-3H3,(H,20,21). The topological polar surface area (TPSA) is 85.3 Å². The molecule has 0 saturated carbocycles. The van der Waals surface area contributed by atoms with Crippen LogP contribution >= 0.6 is 0 Å². The number of rotatable bonds is 3. The molecule has 2 aromatic heterocycles. The van der Waals surface area contributed by atoms with Gasteiger partial charge in [-0.15, -0.1) is 0 Å². The number of carbonyl (C=O) groups is 1. The normalized spacial score (nSPS) is 11.1. The van der Waals surface area contributed by atoms with Crippen LogP contribution in [0.3, 0.4) is 0 Å². The van der Waals surface area contributed by atoms with E-state index >= 15 is 0 Å². The highest BCUT2D eigenvalue weighted by Crippen LogP contribution is 2.25. The van der Waals surface area contributed by atoms with Gasteiger partial charge in [-0.25, -0.2) is 4.79 Å². The molecule has 0 saturated heterocycles. The molecule has 0 radical (unpaired) electrons. The Kier molecular flexibility index (Phi) is 3.52. The molecule has 0 bridgehead atoms. The van der Waals surface area contributed by atoms with Crippen LogP contribution in [0.25, 0.3) is 16.8 Å². The second kappa shape index (κ2) is 5.39. The zero-order chi connectivity index (χ0) is 16.7. The number of nitrogens with zero attached hydrogens (tertiary/aromatic N) is 2. The predicted octanol–water partition coefficient (Wildman–Crippen LogP) is 2.53. The molecule has 3 rings (SSSR count). The lowest BCUT2D eigenvalue weighted by Crippen LogP contribution is -2.15. The summed E-state index contributed by atoms with van der Waals surface area (Å²) in [5, 5.41) is 14.1. The summed E-state index contributed by atoms with van der Waals surface area (Å²) in [6.07, 6.45) is -0.362. The van der Waals surface area contributed by atoms with Gasteiger partial charge in [0.25, 0.3) is 0 Å². The second-order valence-corrected chi connectivity index (χ2v) is 5.58. The summed E-state index contributed by atoms with van der Waals surface area (Å²) in [6, 6.07) is 7.68. The summed E-state index contributed by atoms with van der Waals surface area (Å²) < 4.78 is 6.98. The van der Waals surface area contributed by atoms with Crippen LogP contribution in [0.5, 0.6) is 0 Å². The molecule has 0 aliphatic rings. The molecule has 0 amide bonds. The van der Waals surface area contributed by atoms with Crippen LogP contribution in [-0.4, -0.2) is 20.9 Å².